The number of aromatic hydroxyl groups is 1. The van der Waals surface area contributed by atoms with E-state index in [1.807, 2.05) is 0 Å². The minimum Gasteiger partial charge on any atom is -0.508 e. The second kappa shape index (κ2) is 6.12. The lowest BCUT2D eigenvalue weighted by molar-refractivity contribution is -0.147. The van der Waals surface area contributed by atoms with Crippen LogP contribution in [0.5, 0.6) is 5.75 Å². The fourth-order valence-corrected chi connectivity index (χ4v) is 1.44. The van der Waals surface area contributed by atoms with Crippen molar-refractivity contribution in [3.05, 3.63) is 29.8 Å². The highest BCUT2D eigenvalue weighted by molar-refractivity contribution is 5.73. The van der Waals surface area contributed by atoms with Crippen LogP contribution < -0.4 is 5.73 Å². The molecule has 88 valence electrons. The molecule has 4 heteroatoms. The monoisotopic (exact) mass is 223 g/mol. The number of hydrogen-bond donors (Lipinski definition) is 2. The van der Waals surface area contributed by atoms with Crippen LogP contribution in [0.2, 0.25) is 0 Å². The molecule has 3 N–H and O–H groups in total. The van der Waals surface area contributed by atoms with Gasteiger partial charge in [-0.15, -0.1) is 0 Å². The molecule has 1 rings (SSSR count). The molecule has 0 aliphatic rings. The number of nitrogens with two attached hydrogens (primary N) is 1. The van der Waals surface area contributed by atoms with Gasteiger partial charge in [0.05, 0.1) is 12.5 Å². The van der Waals surface area contributed by atoms with Crippen LogP contribution in [-0.4, -0.2) is 24.2 Å². The van der Waals surface area contributed by atoms with E-state index < -0.39 is 0 Å². The Kier molecular flexibility index (Phi) is 4.79. The summed E-state index contributed by atoms with van der Waals surface area (Å²) in [6, 6.07) is 6.73. The van der Waals surface area contributed by atoms with Crippen LogP contribution in [0.4, 0.5) is 0 Å². The van der Waals surface area contributed by atoms with Crippen LogP contribution in [-0.2, 0) is 16.0 Å². The summed E-state index contributed by atoms with van der Waals surface area (Å²) >= 11 is 0. The highest BCUT2D eigenvalue weighted by atomic mass is 16.5. The summed E-state index contributed by atoms with van der Waals surface area (Å²) in [5.41, 5.74) is 6.49. The molecule has 0 amide bonds. The molecule has 0 bridgehead atoms. The number of phenols is 1. The second-order valence-corrected chi connectivity index (χ2v) is 3.56. The Labute approximate surface area is 95.0 Å². The predicted molar refractivity (Wildman–Crippen MR) is 61.0 cm³/mol. The van der Waals surface area contributed by atoms with E-state index in [1.54, 1.807) is 31.2 Å². The van der Waals surface area contributed by atoms with Crippen molar-refractivity contribution in [1.29, 1.82) is 0 Å². The van der Waals surface area contributed by atoms with E-state index in [2.05, 4.69) is 0 Å². The zero-order valence-electron chi connectivity index (χ0n) is 9.35. The second-order valence-electron chi connectivity index (χ2n) is 3.56. The van der Waals surface area contributed by atoms with Crippen molar-refractivity contribution in [3.8, 4) is 5.75 Å². The summed E-state index contributed by atoms with van der Waals surface area (Å²) in [6.45, 7) is 2.40. The molecule has 1 atom stereocenters. The summed E-state index contributed by atoms with van der Waals surface area (Å²) in [7, 11) is 0. The molecule has 0 saturated heterocycles. The maximum Gasteiger partial charge on any atom is 0.310 e. The third-order valence-corrected chi connectivity index (χ3v) is 2.32. The Balaban J connectivity index is 2.62. The quantitative estimate of drug-likeness (QED) is 0.732. The molecular weight excluding hydrogens is 206 g/mol. The Bertz CT molecular complexity index is 335. The first-order valence-electron chi connectivity index (χ1n) is 5.32. The van der Waals surface area contributed by atoms with Crippen molar-refractivity contribution in [2.75, 3.05) is 13.2 Å². The van der Waals surface area contributed by atoms with E-state index >= 15 is 0 Å². The molecule has 0 fully saturated rings. The topological polar surface area (TPSA) is 72.5 Å². The lowest BCUT2D eigenvalue weighted by atomic mass is 9.99. The van der Waals surface area contributed by atoms with Crippen LogP contribution in [0.1, 0.15) is 12.5 Å². The van der Waals surface area contributed by atoms with E-state index in [0.717, 1.165) is 5.56 Å². The van der Waals surface area contributed by atoms with Gasteiger partial charge >= 0.3 is 5.97 Å². The number of carbonyl (C=O) groups is 1. The van der Waals surface area contributed by atoms with Gasteiger partial charge < -0.3 is 15.6 Å². The Hall–Kier alpha value is -1.55. The van der Waals surface area contributed by atoms with Crippen LogP contribution in [0.25, 0.3) is 0 Å². The van der Waals surface area contributed by atoms with Crippen LogP contribution in [0.3, 0.4) is 0 Å². The Morgan fingerprint density at radius 3 is 2.56 bits per heavy atom. The molecule has 1 aromatic carbocycles. The van der Waals surface area contributed by atoms with Gasteiger partial charge in [0.1, 0.15) is 5.75 Å². The normalized spacial score (nSPS) is 12.1. The molecule has 1 unspecified atom stereocenters. The summed E-state index contributed by atoms with van der Waals surface area (Å²) in [6.07, 6.45) is 0.537. The molecule has 0 radical (unpaired) electrons. The number of esters is 1. The van der Waals surface area contributed by atoms with Gasteiger partial charge in [-0.3, -0.25) is 4.79 Å². The number of phenolic OH excluding ortho intramolecular Hbond substituents is 1. The molecule has 0 spiro atoms. The summed E-state index contributed by atoms with van der Waals surface area (Å²) in [5, 5.41) is 9.13. The fourth-order valence-electron chi connectivity index (χ4n) is 1.44. The van der Waals surface area contributed by atoms with Gasteiger partial charge in [0.15, 0.2) is 0 Å². The number of hydrogen-bond acceptors (Lipinski definition) is 4. The molecule has 0 aliphatic heterocycles. The zero-order valence-corrected chi connectivity index (χ0v) is 9.35. The maximum atomic E-state index is 11.5. The first kappa shape index (κ1) is 12.5. The van der Waals surface area contributed by atoms with Gasteiger partial charge in [-0.25, -0.2) is 0 Å². The highest BCUT2D eigenvalue weighted by Crippen LogP contribution is 2.14. The summed E-state index contributed by atoms with van der Waals surface area (Å²) in [5.74, 6) is -0.369. The van der Waals surface area contributed by atoms with E-state index in [4.69, 9.17) is 15.6 Å². The maximum absolute atomic E-state index is 11.5. The molecule has 16 heavy (non-hydrogen) atoms. The molecule has 0 saturated carbocycles. The van der Waals surface area contributed by atoms with Crippen LogP contribution in [0, 0.1) is 5.92 Å². The van der Waals surface area contributed by atoms with E-state index in [1.165, 1.54) is 0 Å². The molecular formula is C12H17NO3. The van der Waals surface area contributed by atoms with Crippen LogP contribution >= 0.6 is 0 Å². The number of ether oxygens (including phenoxy) is 1. The minimum absolute atomic E-state index is 0.212. The van der Waals surface area contributed by atoms with Crippen LogP contribution in [0.15, 0.2) is 24.3 Å². The van der Waals surface area contributed by atoms with Gasteiger partial charge in [-0.1, -0.05) is 12.1 Å². The minimum atomic E-state index is -0.315. The van der Waals surface area contributed by atoms with E-state index in [0.29, 0.717) is 13.0 Å². The van der Waals surface area contributed by atoms with Gasteiger partial charge in [0, 0.05) is 6.54 Å². The van der Waals surface area contributed by atoms with Gasteiger partial charge in [-0.05, 0) is 31.0 Å². The van der Waals surface area contributed by atoms with E-state index in [9.17, 15) is 4.79 Å². The largest absolute Gasteiger partial charge is 0.508 e. The number of benzene rings is 1. The predicted octanol–water partition coefficient (Wildman–Crippen LogP) is 1.07. The standard InChI is InChI=1S/C12H17NO3/c1-2-16-12(15)10(8-13)7-9-3-5-11(14)6-4-9/h3-6,10,14H,2,7-8,13H2,1H3. The molecule has 0 aliphatic carbocycles. The van der Waals surface area contributed by atoms with Gasteiger partial charge in [0.25, 0.3) is 0 Å². The Morgan fingerprint density at radius 1 is 1.44 bits per heavy atom. The van der Waals surface area contributed by atoms with Crippen molar-refractivity contribution in [1.82, 2.24) is 0 Å². The Morgan fingerprint density at radius 2 is 2.06 bits per heavy atom. The first-order chi connectivity index (χ1) is 7.67. The zero-order chi connectivity index (χ0) is 12.0. The average molecular weight is 223 g/mol. The highest BCUT2D eigenvalue weighted by Gasteiger charge is 2.18. The van der Waals surface area contributed by atoms with Crippen molar-refractivity contribution in [3.63, 3.8) is 0 Å². The summed E-state index contributed by atoms with van der Waals surface area (Å²) < 4.78 is 4.92. The van der Waals surface area contributed by atoms with E-state index in [-0.39, 0.29) is 24.2 Å². The van der Waals surface area contributed by atoms with Crippen molar-refractivity contribution < 1.29 is 14.6 Å². The average Bonchev–Trinajstić information content (AvgIpc) is 2.28. The van der Waals surface area contributed by atoms with Crippen molar-refractivity contribution >= 4 is 5.97 Å². The lowest BCUT2D eigenvalue weighted by Gasteiger charge is -2.13. The van der Waals surface area contributed by atoms with Gasteiger partial charge in [-0.2, -0.15) is 0 Å². The number of carbonyl (C=O) groups excluding carboxylic acids is 1. The van der Waals surface area contributed by atoms with Crippen molar-refractivity contribution in [2.24, 2.45) is 11.7 Å². The molecule has 0 heterocycles. The molecule has 1 aromatic rings. The third kappa shape index (κ3) is 3.55. The fraction of sp³-hybridized carbons (Fsp3) is 0.417. The molecule has 0 aromatic heterocycles. The molecule has 4 nitrogen and oxygen atoms in total. The third-order valence-electron chi connectivity index (χ3n) is 2.32. The smallest absolute Gasteiger partial charge is 0.310 e. The first-order valence-corrected chi connectivity index (χ1v) is 5.32. The number of rotatable bonds is 5. The van der Waals surface area contributed by atoms with Crippen molar-refractivity contribution in [2.45, 2.75) is 13.3 Å². The SMILES string of the molecule is CCOC(=O)C(CN)Cc1ccc(O)cc1. The van der Waals surface area contributed by atoms with Gasteiger partial charge in [0.2, 0.25) is 0 Å². The lowest BCUT2D eigenvalue weighted by Crippen LogP contribution is -2.27. The summed E-state index contributed by atoms with van der Waals surface area (Å²) in [4.78, 5) is 11.5.